The Labute approximate surface area is 125 Å². The Balaban J connectivity index is 1.85. The Hall–Kier alpha value is -2.41. The van der Waals surface area contributed by atoms with Crippen LogP contribution in [0.3, 0.4) is 0 Å². The fourth-order valence-corrected chi connectivity index (χ4v) is 2.23. The van der Waals surface area contributed by atoms with Crippen LogP contribution in [0.1, 0.15) is 11.3 Å². The fraction of sp³-hybridized carbons (Fsp3) is 0.214. The van der Waals surface area contributed by atoms with Crippen LogP contribution in [0.5, 0.6) is 0 Å². The summed E-state index contributed by atoms with van der Waals surface area (Å²) in [4.78, 5) is 26.8. The van der Waals surface area contributed by atoms with Crippen LogP contribution < -0.4 is 5.32 Å². The first-order valence-corrected chi connectivity index (χ1v) is 7.16. The first-order chi connectivity index (χ1) is 10.1. The topological polar surface area (TPSA) is 88.5 Å². The smallest absolute Gasteiger partial charge is 0.408 e. The van der Waals surface area contributed by atoms with Gasteiger partial charge in [0, 0.05) is 11.8 Å². The minimum Gasteiger partial charge on any atom is -0.480 e. The van der Waals surface area contributed by atoms with Crippen molar-refractivity contribution in [1.82, 2.24) is 10.3 Å². The lowest BCUT2D eigenvalue weighted by molar-refractivity contribution is -0.139. The van der Waals surface area contributed by atoms with Gasteiger partial charge in [-0.05, 0) is 5.56 Å². The van der Waals surface area contributed by atoms with Gasteiger partial charge in [-0.15, -0.1) is 11.3 Å². The van der Waals surface area contributed by atoms with Crippen LogP contribution in [0.4, 0.5) is 4.79 Å². The zero-order chi connectivity index (χ0) is 15.1. The summed E-state index contributed by atoms with van der Waals surface area (Å²) in [5, 5.41) is 13.2. The molecule has 1 unspecified atom stereocenters. The number of benzene rings is 1. The lowest BCUT2D eigenvalue weighted by Gasteiger charge is -2.13. The molecular formula is C14H14N2O4S. The number of nitrogens with zero attached hydrogens (tertiary/aromatic N) is 1. The maximum absolute atomic E-state index is 11.6. The van der Waals surface area contributed by atoms with Gasteiger partial charge in [0.15, 0.2) is 0 Å². The van der Waals surface area contributed by atoms with Crippen molar-refractivity contribution in [2.45, 2.75) is 19.1 Å². The second-order valence-electron chi connectivity index (χ2n) is 4.28. The van der Waals surface area contributed by atoms with E-state index >= 15 is 0 Å². The number of thiazole rings is 1. The molecule has 0 bridgehead atoms. The molecule has 0 saturated carbocycles. The molecular weight excluding hydrogens is 292 g/mol. The molecule has 0 aliphatic heterocycles. The van der Waals surface area contributed by atoms with Gasteiger partial charge in [0.2, 0.25) is 0 Å². The number of carbonyl (C=O) groups excluding carboxylic acids is 1. The van der Waals surface area contributed by atoms with Crippen LogP contribution in [0.15, 0.2) is 41.2 Å². The van der Waals surface area contributed by atoms with Gasteiger partial charge in [-0.1, -0.05) is 30.3 Å². The quantitative estimate of drug-likeness (QED) is 0.853. The number of carboxylic acids is 1. The highest BCUT2D eigenvalue weighted by Gasteiger charge is 2.21. The zero-order valence-corrected chi connectivity index (χ0v) is 11.9. The van der Waals surface area contributed by atoms with Crippen LogP contribution in [0.2, 0.25) is 0 Å². The SMILES string of the molecule is O=C(NC(Cc1cscn1)C(=O)O)OCc1ccccc1. The van der Waals surface area contributed by atoms with Gasteiger partial charge in [-0.3, -0.25) is 0 Å². The fourth-order valence-electron chi connectivity index (χ4n) is 1.65. The summed E-state index contributed by atoms with van der Waals surface area (Å²) in [6, 6.07) is 8.10. The summed E-state index contributed by atoms with van der Waals surface area (Å²) < 4.78 is 5.00. The highest BCUT2D eigenvalue weighted by Crippen LogP contribution is 2.06. The van der Waals surface area contributed by atoms with E-state index < -0.39 is 18.1 Å². The molecule has 2 rings (SSSR count). The second kappa shape index (κ2) is 7.39. The number of carbonyl (C=O) groups is 2. The first kappa shape index (κ1) is 15.0. The minimum absolute atomic E-state index is 0.0930. The number of nitrogens with one attached hydrogen (secondary N) is 1. The highest BCUT2D eigenvalue weighted by atomic mass is 32.1. The summed E-state index contributed by atoms with van der Waals surface area (Å²) in [5.74, 6) is -1.13. The van der Waals surface area contributed by atoms with Crippen molar-refractivity contribution in [3.8, 4) is 0 Å². The van der Waals surface area contributed by atoms with Crippen molar-refractivity contribution in [2.24, 2.45) is 0 Å². The Morgan fingerprint density at radius 3 is 2.71 bits per heavy atom. The summed E-state index contributed by atoms with van der Waals surface area (Å²) in [7, 11) is 0. The molecule has 1 amide bonds. The number of aromatic nitrogens is 1. The maximum Gasteiger partial charge on any atom is 0.408 e. The van der Waals surface area contributed by atoms with Gasteiger partial charge in [-0.2, -0.15) is 0 Å². The van der Waals surface area contributed by atoms with Crippen molar-refractivity contribution in [3.63, 3.8) is 0 Å². The molecule has 0 aliphatic rings. The van der Waals surface area contributed by atoms with E-state index in [0.717, 1.165) is 5.56 Å². The molecule has 2 N–H and O–H groups in total. The van der Waals surface area contributed by atoms with Crippen LogP contribution >= 0.6 is 11.3 Å². The molecule has 0 saturated heterocycles. The molecule has 1 aromatic heterocycles. The lowest BCUT2D eigenvalue weighted by atomic mass is 10.2. The van der Waals surface area contributed by atoms with Crippen molar-refractivity contribution >= 4 is 23.4 Å². The molecule has 1 heterocycles. The van der Waals surface area contributed by atoms with E-state index in [-0.39, 0.29) is 13.0 Å². The Kier molecular flexibility index (Phi) is 5.28. The van der Waals surface area contributed by atoms with Crippen molar-refractivity contribution in [2.75, 3.05) is 0 Å². The molecule has 2 aromatic rings. The standard InChI is InChI=1S/C14H14N2O4S/c17-13(18)12(6-11-8-21-9-15-11)16-14(19)20-7-10-4-2-1-3-5-10/h1-5,8-9,12H,6-7H2,(H,16,19)(H,17,18). The van der Waals surface area contributed by atoms with Gasteiger partial charge in [0.05, 0.1) is 11.2 Å². The van der Waals surface area contributed by atoms with E-state index in [2.05, 4.69) is 10.3 Å². The average molecular weight is 306 g/mol. The van der Waals surface area contributed by atoms with Crippen LogP contribution in [0, 0.1) is 0 Å². The molecule has 7 heteroatoms. The number of ether oxygens (including phenoxy) is 1. The van der Waals surface area contributed by atoms with Gasteiger partial charge >= 0.3 is 12.1 Å². The molecule has 1 atom stereocenters. The molecule has 0 spiro atoms. The molecule has 0 radical (unpaired) electrons. The minimum atomic E-state index is -1.13. The first-order valence-electron chi connectivity index (χ1n) is 6.22. The lowest BCUT2D eigenvalue weighted by Crippen LogP contribution is -2.42. The number of hydrogen-bond acceptors (Lipinski definition) is 5. The third kappa shape index (κ3) is 4.88. The van der Waals surface area contributed by atoms with E-state index in [4.69, 9.17) is 9.84 Å². The Morgan fingerprint density at radius 1 is 1.33 bits per heavy atom. The molecule has 1 aromatic carbocycles. The normalized spacial score (nSPS) is 11.6. The Bertz CT molecular complexity index is 586. The average Bonchev–Trinajstić information content (AvgIpc) is 2.98. The molecule has 6 nitrogen and oxygen atoms in total. The number of amides is 1. The van der Waals surface area contributed by atoms with Crippen LogP contribution in [0.25, 0.3) is 0 Å². The summed E-state index contributed by atoms with van der Waals surface area (Å²) in [5.41, 5.74) is 3.07. The van der Waals surface area contributed by atoms with Crippen molar-refractivity contribution in [3.05, 3.63) is 52.5 Å². The van der Waals surface area contributed by atoms with Crippen LogP contribution in [-0.2, 0) is 22.6 Å². The van der Waals surface area contributed by atoms with Crippen LogP contribution in [-0.4, -0.2) is 28.2 Å². The number of alkyl carbamates (subject to hydrolysis) is 1. The van der Waals surface area contributed by atoms with E-state index in [1.807, 2.05) is 30.3 Å². The van der Waals surface area contributed by atoms with Crippen molar-refractivity contribution < 1.29 is 19.4 Å². The third-order valence-corrected chi connectivity index (χ3v) is 3.33. The van der Waals surface area contributed by atoms with E-state index in [9.17, 15) is 9.59 Å². The number of rotatable bonds is 6. The summed E-state index contributed by atoms with van der Waals surface area (Å²) in [6.45, 7) is 0.0930. The predicted molar refractivity (Wildman–Crippen MR) is 77.0 cm³/mol. The van der Waals surface area contributed by atoms with Gasteiger partial charge in [-0.25, -0.2) is 14.6 Å². The maximum atomic E-state index is 11.6. The second-order valence-corrected chi connectivity index (χ2v) is 5.00. The van der Waals surface area contributed by atoms with E-state index in [1.165, 1.54) is 11.3 Å². The number of carboxylic acid groups (broad SMARTS) is 1. The molecule has 0 fully saturated rings. The molecule has 0 aliphatic carbocycles. The number of aliphatic carboxylic acids is 1. The van der Waals surface area contributed by atoms with Gasteiger partial charge in [0.25, 0.3) is 0 Å². The summed E-state index contributed by atoms with van der Waals surface area (Å²) in [6.07, 6.45) is -0.638. The zero-order valence-electron chi connectivity index (χ0n) is 11.1. The highest BCUT2D eigenvalue weighted by molar-refractivity contribution is 7.07. The number of hydrogen-bond donors (Lipinski definition) is 2. The molecule has 110 valence electrons. The molecule has 21 heavy (non-hydrogen) atoms. The Morgan fingerprint density at radius 2 is 2.10 bits per heavy atom. The largest absolute Gasteiger partial charge is 0.480 e. The van der Waals surface area contributed by atoms with Gasteiger partial charge in [0.1, 0.15) is 12.6 Å². The van der Waals surface area contributed by atoms with Gasteiger partial charge < -0.3 is 15.2 Å². The van der Waals surface area contributed by atoms with Crippen molar-refractivity contribution in [1.29, 1.82) is 0 Å². The third-order valence-electron chi connectivity index (χ3n) is 2.70. The van der Waals surface area contributed by atoms with E-state index in [0.29, 0.717) is 5.69 Å². The predicted octanol–water partition coefficient (Wildman–Crippen LogP) is 2.07. The monoisotopic (exact) mass is 306 g/mol. The summed E-state index contributed by atoms with van der Waals surface area (Å²) >= 11 is 1.37. The van der Waals surface area contributed by atoms with E-state index in [1.54, 1.807) is 10.9 Å².